The third kappa shape index (κ3) is 2.83. The Bertz CT molecular complexity index is 476. The van der Waals surface area contributed by atoms with E-state index in [0.29, 0.717) is 0 Å². The number of rotatable bonds is 2. The Balaban J connectivity index is 1.99. The maximum atomic E-state index is 4.33. The van der Waals surface area contributed by atoms with E-state index in [1.807, 2.05) is 0 Å². The van der Waals surface area contributed by atoms with E-state index in [1.54, 1.807) is 0 Å². The molecule has 2 heterocycles. The molecule has 17 heavy (non-hydrogen) atoms. The van der Waals surface area contributed by atoms with Crippen molar-refractivity contribution < 1.29 is 0 Å². The zero-order valence-corrected chi connectivity index (χ0v) is 13.6. The number of hydrogen-bond donors (Lipinski definition) is 2. The van der Waals surface area contributed by atoms with Crippen molar-refractivity contribution in [3.63, 3.8) is 0 Å². The minimum Gasteiger partial charge on any atom is -0.303 e. The number of nitrogens with zero attached hydrogens (tertiary/aromatic N) is 2. The second-order valence-electron chi connectivity index (χ2n) is 3.13. The van der Waals surface area contributed by atoms with E-state index in [9.17, 15) is 0 Å². The van der Waals surface area contributed by atoms with Gasteiger partial charge in [0.25, 0.3) is 0 Å². The van der Waals surface area contributed by atoms with Crippen LogP contribution in [0.15, 0.2) is 27.0 Å². The Hall–Kier alpha value is 0.290. The van der Waals surface area contributed by atoms with Gasteiger partial charge in [0.05, 0.1) is 22.0 Å². The van der Waals surface area contributed by atoms with E-state index >= 15 is 0 Å². The van der Waals surface area contributed by atoms with Crippen molar-refractivity contribution in [2.24, 2.45) is 8.80 Å². The predicted molar refractivity (Wildman–Crippen MR) is 88.9 cm³/mol. The van der Waals surface area contributed by atoms with Gasteiger partial charge in [-0.05, 0) is 40.8 Å². The minimum atomic E-state index is 0.915. The van der Waals surface area contributed by atoms with Gasteiger partial charge in [0.2, 0.25) is 0 Å². The highest BCUT2D eigenvalue weighted by atomic mass is 127. The highest BCUT2D eigenvalue weighted by Gasteiger charge is 2.15. The average molecular weight is 412 g/mol. The zero-order chi connectivity index (χ0) is 11.7. The first kappa shape index (κ1) is 12.3. The lowest BCUT2D eigenvalue weighted by atomic mass is 10.1. The fourth-order valence-corrected chi connectivity index (χ4v) is 4.59. The third-order valence-electron chi connectivity index (χ3n) is 2.05. The highest BCUT2D eigenvalue weighted by Crippen LogP contribution is 2.30. The molecule has 0 amide bonds. The second kappa shape index (κ2) is 5.51. The molecule has 9 heteroatoms. The van der Waals surface area contributed by atoms with Crippen molar-refractivity contribution in [3.8, 4) is 0 Å². The molecule has 0 unspecified atom stereocenters. The van der Waals surface area contributed by atoms with Gasteiger partial charge in [-0.3, -0.25) is 0 Å². The predicted octanol–water partition coefficient (Wildman–Crippen LogP) is 3.41. The number of hydrogen-bond acceptors (Lipinski definition) is 8. The first-order valence-electron chi connectivity index (χ1n) is 4.47. The van der Waals surface area contributed by atoms with Gasteiger partial charge in [-0.25, -0.2) is 0 Å². The summed E-state index contributed by atoms with van der Waals surface area (Å²) in [6.07, 6.45) is 0. The van der Waals surface area contributed by atoms with Crippen LogP contribution in [0, 0.1) is 3.57 Å². The van der Waals surface area contributed by atoms with Crippen LogP contribution in [0.3, 0.4) is 0 Å². The van der Waals surface area contributed by atoms with Crippen molar-refractivity contribution in [3.05, 3.63) is 32.9 Å². The molecule has 1 aromatic carbocycles. The number of amidine groups is 2. The smallest absolute Gasteiger partial charge is 0.153 e. The molecule has 0 fully saturated rings. The summed E-state index contributed by atoms with van der Waals surface area (Å²) in [6, 6.07) is 6.31. The SMILES string of the molecule is Ic1cc(C2=NSSN2)cc(C2=NSSN2)c1. The molecule has 0 aromatic heterocycles. The summed E-state index contributed by atoms with van der Waals surface area (Å²) in [6.45, 7) is 0. The lowest BCUT2D eigenvalue weighted by molar-refractivity contribution is 1.43. The van der Waals surface area contributed by atoms with E-state index < -0.39 is 0 Å². The van der Waals surface area contributed by atoms with Gasteiger partial charge in [0.15, 0.2) is 11.7 Å². The van der Waals surface area contributed by atoms with Crippen molar-refractivity contribution in [1.82, 2.24) is 9.44 Å². The molecule has 0 bridgehead atoms. The minimum absolute atomic E-state index is 0.915. The summed E-state index contributed by atoms with van der Waals surface area (Å²) < 4.78 is 16.2. The number of nitrogens with one attached hydrogen (secondary N) is 2. The molecule has 0 aliphatic carbocycles. The largest absolute Gasteiger partial charge is 0.303 e. The van der Waals surface area contributed by atoms with Crippen molar-refractivity contribution >= 4 is 78.2 Å². The van der Waals surface area contributed by atoms with Crippen LogP contribution < -0.4 is 9.44 Å². The molecule has 2 aliphatic rings. The standard InChI is InChI=1S/C8H5IN4S4/c9-6-2-4(7-10-14-15-11-7)1-5(3-6)8-12-16-17-13-8/h1-3H,(H,10,11)(H,12,13). The topological polar surface area (TPSA) is 48.8 Å². The summed E-state index contributed by atoms with van der Waals surface area (Å²) in [5.74, 6) is 1.83. The van der Waals surface area contributed by atoms with Crippen LogP contribution in [0.5, 0.6) is 0 Å². The Morgan fingerprint density at radius 3 is 1.82 bits per heavy atom. The summed E-state index contributed by atoms with van der Waals surface area (Å²) in [5.41, 5.74) is 2.19. The first-order chi connectivity index (χ1) is 8.33. The molecule has 0 saturated carbocycles. The van der Waals surface area contributed by atoms with Crippen LogP contribution in [0.4, 0.5) is 0 Å². The van der Waals surface area contributed by atoms with Gasteiger partial charge in [-0.2, -0.15) is 8.80 Å². The molecule has 88 valence electrons. The molecule has 1 aromatic rings. The molecule has 0 spiro atoms. The molecule has 3 rings (SSSR count). The second-order valence-corrected chi connectivity index (χ2v) is 7.67. The highest BCUT2D eigenvalue weighted by molar-refractivity contribution is 14.1. The van der Waals surface area contributed by atoms with Crippen LogP contribution in [0.1, 0.15) is 11.1 Å². The summed E-state index contributed by atoms with van der Waals surface area (Å²) in [5, 5.41) is 0. The van der Waals surface area contributed by atoms with Gasteiger partial charge in [-0.15, -0.1) is 0 Å². The van der Waals surface area contributed by atoms with Crippen molar-refractivity contribution in [2.45, 2.75) is 0 Å². The quantitative estimate of drug-likeness (QED) is 0.441. The summed E-state index contributed by atoms with van der Waals surface area (Å²) >= 11 is 2.31. The van der Waals surface area contributed by atoms with Crippen LogP contribution in [-0.4, -0.2) is 11.7 Å². The fraction of sp³-hybridized carbons (Fsp3) is 0. The van der Waals surface area contributed by atoms with Gasteiger partial charge >= 0.3 is 0 Å². The normalized spacial score (nSPS) is 18.4. The Morgan fingerprint density at radius 1 is 0.882 bits per heavy atom. The number of benzene rings is 1. The molecule has 2 aliphatic heterocycles. The molecule has 0 saturated heterocycles. The summed E-state index contributed by atoms with van der Waals surface area (Å²) in [7, 11) is 5.97. The van der Waals surface area contributed by atoms with Crippen LogP contribution in [-0.2, 0) is 0 Å². The van der Waals surface area contributed by atoms with Gasteiger partial charge in [0, 0.05) is 36.7 Å². The van der Waals surface area contributed by atoms with Gasteiger partial charge in [-0.1, -0.05) is 0 Å². The monoisotopic (exact) mass is 412 g/mol. The molecule has 4 nitrogen and oxygen atoms in total. The Morgan fingerprint density at radius 2 is 1.41 bits per heavy atom. The van der Waals surface area contributed by atoms with Crippen molar-refractivity contribution in [2.75, 3.05) is 0 Å². The maximum absolute atomic E-state index is 4.33. The Labute approximate surface area is 128 Å². The maximum Gasteiger partial charge on any atom is 0.153 e. The molecule has 0 atom stereocenters. The van der Waals surface area contributed by atoms with Crippen LogP contribution >= 0.6 is 66.5 Å². The van der Waals surface area contributed by atoms with E-state index in [1.165, 1.54) is 47.5 Å². The Kier molecular flexibility index (Phi) is 4.00. The molecule has 0 radical (unpaired) electrons. The lowest BCUT2D eigenvalue weighted by Crippen LogP contribution is -2.16. The number of halogens is 1. The molecular formula is C8H5IN4S4. The average Bonchev–Trinajstić information content (AvgIpc) is 3.02. The van der Waals surface area contributed by atoms with Gasteiger partial charge < -0.3 is 9.44 Å². The van der Waals surface area contributed by atoms with Crippen LogP contribution in [0.2, 0.25) is 0 Å². The van der Waals surface area contributed by atoms with E-state index in [-0.39, 0.29) is 0 Å². The van der Waals surface area contributed by atoms with E-state index in [4.69, 9.17) is 0 Å². The lowest BCUT2D eigenvalue weighted by Gasteiger charge is -2.06. The van der Waals surface area contributed by atoms with E-state index in [2.05, 4.69) is 59.0 Å². The molecular weight excluding hydrogens is 407 g/mol. The van der Waals surface area contributed by atoms with E-state index in [0.717, 1.165) is 22.8 Å². The van der Waals surface area contributed by atoms with Crippen LogP contribution in [0.25, 0.3) is 0 Å². The zero-order valence-electron chi connectivity index (χ0n) is 8.14. The first-order valence-corrected chi connectivity index (χ1v) is 9.77. The molecule has 2 N–H and O–H groups in total. The van der Waals surface area contributed by atoms with Gasteiger partial charge in [0.1, 0.15) is 0 Å². The van der Waals surface area contributed by atoms with Crippen molar-refractivity contribution in [1.29, 1.82) is 0 Å². The third-order valence-corrected chi connectivity index (χ3v) is 5.29. The summed E-state index contributed by atoms with van der Waals surface area (Å²) in [4.78, 5) is 0. The fourth-order valence-electron chi connectivity index (χ4n) is 1.35.